The second-order valence-corrected chi connectivity index (χ2v) is 6.17. The summed E-state index contributed by atoms with van der Waals surface area (Å²) in [7, 11) is 1.16. The van der Waals surface area contributed by atoms with Gasteiger partial charge < -0.3 is 10.1 Å². The molecule has 0 spiro atoms. The summed E-state index contributed by atoms with van der Waals surface area (Å²) in [5.41, 5.74) is 1.44. The summed E-state index contributed by atoms with van der Waals surface area (Å²) in [6.45, 7) is 0.759. The van der Waals surface area contributed by atoms with E-state index in [0.29, 0.717) is 6.54 Å². The molecule has 0 unspecified atom stereocenters. The molecule has 0 bridgehead atoms. The number of nitrogens with one attached hydrogen (secondary N) is 1. The summed E-state index contributed by atoms with van der Waals surface area (Å²) in [5.74, 6) is -1.29. The van der Waals surface area contributed by atoms with Gasteiger partial charge in [0.1, 0.15) is 0 Å². The maximum atomic E-state index is 12.6. The van der Waals surface area contributed by atoms with Crippen molar-refractivity contribution in [3.8, 4) is 0 Å². The third kappa shape index (κ3) is 4.83. The molecule has 0 aliphatic rings. The Labute approximate surface area is 166 Å². The fourth-order valence-electron chi connectivity index (χ4n) is 2.81. The van der Waals surface area contributed by atoms with Crippen LogP contribution < -0.4 is 5.32 Å². The highest BCUT2D eigenvalue weighted by atomic mass is 16.6. The number of hydrogen-bond acceptors (Lipinski definition) is 6. The van der Waals surface area contributed by atoms with Gasteiger partial charge in [-0.1, -0.05) is 24.3 Å². The van der Waals surface area contributed by atoms with E-state index in [4.69, 9.17) is 0 Å². The van der Waals surface area contributed by atoms with Crippen molar-refractivity contribution in [1.82, 2.24) is 15.1 Å². The minimum Gasteiger partial charge on any atom is -0.465 e. The van der Waals surface area contributed by atoms with Gasteiger partial charge in [0.25, 0.3) is 11.6 Å². The summed E-state index contributed by atoms with van der Waals surface area (Å²) < 4.78 is 6.37. The summed E-state index contributed by atoms with van der Waals surface area (Å²) in [6.07, 6.45) is 3.53. The molecule has 2 aromatic carbocycles. The van der Waals surface area contributed by atoms with Crippen LogP contribution in [0.2, 0.25) is 0 Å². The number of amides is 1. The number of esters is 1. The highest BCUT2D eigenvalue weighted by Gasteiger charge is 2.18. The molecule has 29 heavy (non-hydrogen) atoms. The monoisotopic (exact) mass is 394 g/mol. The Morgan fingerprint density at radius 1 is 1.14 bits per heavy atom. The average molecular weight is 394 g/mol. The van der Waals surface area contributed by atoms with Crippen LogP contribution in [0.25, 0.3) is 0 Å². The molecule has 0 aliphatic carbocycles. The van der Waals surface area contributed by atoms with Crippen molar-refractivity contribution in [2.24, 2.45) is 0 Å². The Balaban J connectivity index is 1.78. The molecule has 0 radical (unpaired) electrons. The molecule has 1 N–H and O–H groups in total. The van der Waals surface area contributed by atoms with E-state index in [1.54, 1.807) is 10.9 Å². The van der Waals surface area contributed by atoms with Crippen molar-refractivity contribution >= 4 is 17.6 Å². The van der Waals surface area contributed by atoms with Crippen LogP contribution in [0.5, 0.6) is 0 Å². The molecule has 9 heteroatoms. The topological polar surface area (TPSA) is 116 Å². The van der Waals surface area contributed by atoms with E-state index >= 15 is 0 Å². The molecule has 0 atom stereocenters. The normalized spacial score (nSPS) is 10.4. The van der Waals surface area contributed by atoms with Crippen molar-refractivity contribution in [2.45, 2.75) is 13.1 Å². The summed E-state index contributed by atoms with van der Waals surface area (Å²) in [4.78, 5) is 34.8. The minimum atomic E-state index is -0.757. The van der Waals surface area contributed by atoms with Crippen LogP contribution in [0.15, 0.2) is 60.9 Å². The van der Waals surface area contributed by atoms with E-state index in [-0.39, 0.29) is 23.4 Å². The maximum absolute atomic E-state index is 12.6. The summed E-state index contributed by atoms with van der Waals surface area (Å²) in [5, 5.41) is 18.0. The van der Waals surface area contributed by atoms with Crippen molar-refractivity contribution < 1.29 is 19.2 Å². The first-order valence-electron chi connectivity index (χ1n) is 8.68. The number of methoxy groups -OCH3 is 1. The Kier molecular flexibility index (Phi) is 5.98. The Morgan fingerprint density at radius 2 is 1.86 bits per heavy atom. The number of nitrogens with zero attached hydrogens (tertiary/aromatic N) is 3. The third-order valence-electron chi connectivity index (χ3n) is 4.26. The van der Waals surface area contributed by atoms with Gasteiger partial charge in [0.2, 0.25) is 0 Å². The maximum Gasteiger partial charge on any atom is 0.338 e. The van der Waals surface area contributed by atoms with E-state index in [2.05, 4.69) is 15.2 Å². The number of nitro benzene ring substituents is 1. The lowest BCUT2D eigenvalue weighted by molar-refractivity contribution is -0.384. The molecule has 0 saturated heterocycles. The van der Waals surface area contributed by atoms with Crippen molar-refractivity contribution in [3.63, 3.8) is 0 Å². The number of aromatic nitrogens is 2. The molecule has 9 nitrogen and oxygen atoms in total. The molecule has 0 fully saturated rings. The number of carbonyl (C=O) groups excluding carboxylic acids is 2. The molecule has 0 aliphatic heterocycles. The largest absolute Gasteiger partial charge is 0.465 e. The predicted molar refractivity (Wildman–Crippen MR) is 103 cm³/mol. The third-order valence-corrected chi connectivity index (χ3v) is 4.26. The number of non-ortho nitro benzene ring substituents is 1. The van der Waals surface area contributed by atoms with Gasteiger partial charge in [0.15, 0.2) is 0 Å². The number of ether oxygens (including phenoxy) is 1. The van der Waals surface area contributed by atoms with E-state index < -0.39 is 16.8 Å². The van der Waals surface area contributed by atoms with Crippen LogP contribution in [-0.2, 0) is 17.8 Å². The molecule has 1 heterocycles. The van der Waals surface area contributed by atoms with Crippen molar-refractivity contribution in [2.75, 3.05) is 7.11 Å². The quantitative estimate of drug-likeness (QED) is 0.374. The van der Waals surface area contributed by atoms with Crippen LogP contribution in [0.4, 0.5) is 5.69 Å². The standard InChI is InChI=1S/C20H18N4O5/c1-29-20(26)17-9-16(10-18(11-17)24(27)28)19(25)21-12-14-5-2-3-6-15(14)13-23-8-4-7-22-23/h2-11H,12-13H2,1H3,(H,21,25). The molecular formula is C20H18N4O5. The smallest absolute Gasteiger partial charge is 0.338 e. The van der Waals surface area contributed by atoms with Gasteiger partial charge in [-0.2, -0.15) is 5.10 Å². The number of hydrogen-bond donors (Lipinski definition) is 1. The summed E-state index contributed by atoms with van der Waals surface area (Å²) in [6, 6.07) is 12.9. The highest BCUT2D eigenvalue weighted by molar-refractivity contribution is 5.98. The zero-order chi connectivity index (χ0) is 20.8. The molecule has 3 rings (SSSR count). The van der Waals surface area contributed by atoms with E-state index in [9.17, 15) is 19.7 Å². The Morgan fingerprint density at radius 3 is 2.52 bits per heavy atom. The van der Waals surface area contributed by atoms with Crippen molar-refractivity contribution in [1.29, 1.82) is 0 Å². The Hall–Kier alpha value is -4.01. The van der Waals surface area contributed by atoms with E-state index in [1.807, 2.05) is 36.5 Å². The first-order valence-corrected chi connectivity index (χ1v) is 8.68. The zero-order valence-electron chi connectivity index (χ0n) is 15.6. The van der Waals surface area contributed by atoms with Crippen LogP contribution in [0.3, 0.4) is 0 Å². The molecule has 1 amide bonds. The second kappa shape index (κ2) is 8.79. The van der Waals surface area contributed by atoms with Crippen molar-refractivity contribution in [3.05, 3.63) is 93.3 Å². The molecule has 0 saturated carbocycles. The van der Waals surface area contributed by atoms with Gasteiger partial charge in [-0.05, 0) is 23.3 Å². The van der Waals surface area contributed by atoms with Gasteiger partial charge in [-0.25, -0.2) is 4.79 Å². The molecular weight excluding hydrogens is 376 g/mol. The van der Waals surface area contributed by atoms with E-state index in [1.165, 1.54) is 6.07 Å². The lowest BCUT2D eigenvalue weighted by Crippen LogP contribution is -2.24. The van der Waals surface area contributed by atoms with Gasteiger partial charge in [0, 0.05) is 36.6 Å². The average Bonchev–Trinajstić information content (AvgIpc) is 3.25. The van der Waals surface area contributed by atoms with Gasteiger partial charge in [-0.15, -0.1) is 0 Å². The van der Waals surface area contributed by atoms with Crippen LogP contribution in [-0.4, -0.2) is 33.7 Å². The summed E-state index contributed by atoms with van der Waals surface area (Å²) >= 11 is 0. The van der Waals surface area contributed by atoms with E-state index in [0.717, 1.165) is 30.4 Å². The zero-order valence-corrected chi connectivity index (χ0v) is 15.6. The van der Waals surface area contributed by atoms with Crippen LogP contribution in [0, 0.1) is 10.1 Å². The van der Waals surface area contributed by atoms with Crippen LogP contribution >= 0.6 is 0 Å². The van der Waals surface area contributed by atoms with Gasteiger partial charge >= 0.3 is 5.97 Å². The number of nitro groups is 1. The lowest BCUT2D eigenvalue weighted by atomic mass is 10.1. The number of rotatable bonds is 7. The fourth-order valence-corrected chi connectivity index (χ4v) is 2.81. The molecule has 148 valence electrons. The SMILES string of the molecule is COC(=O)c1cc(C(=O)NCc2ccccc2Cn2cccn2)cc([N+](=O)[O-])c1. The highest BCUT2D eigenvalue weighted by Crippen LogP contribution is 2.18. The molecule has 1 aromatic heterocycles. The number of benzene rings is 2. The first kappa shape index (κ1) is 19.7. The van der Waals surface area contributed by atoms with Gasteiger partial charge in [0.05, 0.1) is 24.1 Å². The second-order valence-electron chi connectivity index (χ2n) is 6.17. The molecule has 3 aromatic rings. The Bertz CT molecular complexity index is 1050. The minimum absolute atomic E-state index is 0.00385. The van der Waals surface area contributed by atoms with Gasteiger partial charge in [-0.3, -0.25) is 19.6 Å². The first-order chi connectivity index (χ1) is 14.0. The fraction of sp³-hybridized carbons (Fsp3) is 0.150. The number of carbonyl (C=O) groups is 2. The lowest BCUT2D eigenvalue weighted by Gasteiger charge is -2.11. The predicted octanol–water partition coefficient (Wildman–Crippen LogP) is 2.56. The van der Waals surface area contributed by atoms with Crippen LogP contribution in [0.1, 0.15) is 31.8 Å².